The van der Waals surface area contributed by atoms with Gasteiger partial charge in [-0.05, 0) is 0 Å². The molecular weight excluding hydrogens is 352 g/mol. The number of carboxylic acid groups (broad SMARTS) is 4. The number of carbonyl (C=O) groups excluding carboxylic acids is 2. The van der Waals surface area contributed by atoms with Crippen LogP contribution in [0.4, 0.5) is 0 Å². The average Bonchev–Trinajstić information content (AvgIpc) is 2.16. The van der Waals surface area contributed by atoms with Gasteiger partial charge in [0, 0.05) is 0 Å². The Bertz CT molecular complexity index is 297. The number of aliphatic hydroxyl groups is 2. The fourth-order valence-electron chi connectivity index (χ4n) is 0.497. The van der Waals surface area contributed by atoms with Gasteiger partial charge in [-0.1, -0.05) is 0 Å². The van der Waals surface area contributed by atoms with Crippen LogP contribution in [-0.2, 0) is 36.2 Å². The molecule has 0 aromatic rings. The topological polar surface area (TPSA) is 258 Å². The molecule has 0 aromatic carbocycles. The summed E-state index contributed by atoms with van der Waals surface area (Å²) in [6, 6.07) is 0. The van der Waals surface area contributed by atoms with Crippen LogP contribution in [0.1, 0.15) is 12.8 Å². The third kappa shape index (κ3) is 23.7. The maximum Gasteiger partial charge on any atom is 2.00 e. The summed E-state index contributed by atoms with van der Waals surface area (Å²) in [5.41, 5.74) is 0. The predicted molar refractivity (Wildman–Crippen MR) is 53.8 cm³/mol. The van der Waals surface area contributed by atoms with Crippen LogP contribution < -0.4 is 10.2 Å². The number of hydrogen-bond acceptors (Lipinski definition) is 8. The molecule has 0 amide bonds. The summed E-state index contributed by atoms with van der Waals surface area (Å²) in [7, 11) is 0. The molecule has 2 atom stereocenters. The summed E-state index contributed by atoms with van der Waals surface area (Å²) in [5, 5.41) is 51.5. The SMILES string of the molecule is O.O.O=C(O)C[C@@H](O)C(=O)[O-].O=C(O)C[C@H](O)C(=O)[O-].[Cu+2]. The van der Waals surface area contributed by atoms with E-state index in [9.17, 15) is 29.4 Å². The second kappa shape index (κ2) is 16.3. The van der Waals surface area contributed by atoms with Crippen molar-refractivity contribution >= 4 is 23.9 Å². The average molecular weight is 366 g/mol. The van der Waals surface area contributed by atoms with E-state index in [1.807, 2.05) is 0 Å². The number of aliphatic carboxylic acids is 4. The van der Waals surface area contributed by atoms with E-state index >= 15 is 0 Å². The van der Waals surface area contributed by atoms with Crippen LogP contribution in [-0.4, -0.2) is 67.5 Å². The molecule has 1 radical (unpaired) electrons. The van der Waals surface area contributed by atoms with Crippen molar-refractivity contribution in [3.63, 3.8) is 0 Å². The van der Waals surface area contributed by atoms with E-state index in [1.165, 1.54) is 0 Å². The van der Waals surface area contributed by atoms with Crippen LogP contribution in [0.3, 0.4) is 0 Å². The number of carbonyl (C=O) groups is 4. The maximum atomic E-state index is 9.66. The monoisotopic (exact) mass is 365 g/mol. The van der Waals surface area contributed by atoms with Crippen LogP contribution in [0.15, 0.2) is 0 Å². The molecule has 0 aliphatic heterocycles. The van der Waals surface area contributed by atoms with Crippen molar-refractivity contribution in [2.75, 3.05) is 0 Å². The van der Waals surface area contributed by atoms with Gasteiger partial charge in [-0.25, -0.2) is 0 Å². The Morgan fingerprint density at radius 1 is 0.762 bits per heavy atom. The van der Waals surface area contributed by atoms with Gasteiger partial charge in [0.15, 0.2) is 0 Å². The Balaban J connectivity index is -0.0000000711. The standard InChI is InChI=1S/2C4H6O5.Cu.2H2O/c2*5-2(4(8)9)1-3(6)7;;;/h2*2,5H,1H2,(H,6,7)(H,8,9);;2*1H2/q;;+2;;/p-2/t2*2-;;;/m10.../s1. The van der Waals surface area contributed by atoms with Crippen molar-refractivity contribution in [2.24, 2.45) is 0 Å². The van der Waals surface area contributed by atoms with E-state index in [4.69, 9.17) is 20.4 Å². The molecule has 0 heterocycles. The molecule has 0 spiro atoms. The molecule has 0 saturated carbocycles. The quantitative estimate of drug-likeness (QED) is 0.323. The van der Waals surface area contributed by atoms with Crippen molar-refractivity contribution in [3.05, 3.63) is 0 Å². The van der Waals surface area contributed by atoms with E-state index < -0.39 is 48.9 Å². The minimum atomic E-state index is -1.90. The minimum absolute atomic E-state index is 0. The summed E-state index contributed by atoms with van der Waals surface area (Å²) in [4.78, 5) is 38.5. The van der Waals surface area contributed by atoms with E-state index in [0.29, 0.717) is 0 Å². The van der Waals surface area contributed by atoms with Crippen molar-refractivity contribution < 1.29 is 77.8 Å². The first-order chi connectivity index (χ1) is 8.07. The number of rotatable bonds is 6. The van der Waals surface area contributed by atoms with Crippen LogP contribution >= 0.6 is 0 Å². The van der Waals surface area contributed by atoms with Gasteiger partial charge in [0.1, 0.15) is 12.2 Å². The second-order valence-corrected chi connectivity index (χ2v) is 2.87. The molecule has 129 valence electrons. The van der Waals surface area contributed by atoms with E-state index in [2.05, 4.69) is 0 Å². The van der Waals surface area contributed by atoms with Gasteiger partial charge in [0.05, 0.1) is 24.8 Å². The van der Waals surface area contributed by atoms with Gasteiger partial charge in [0.25, 0.3) is 0 Å². The fraction of sp³-hybridized carbons (Fsp3) is 0.500. The van der Waals surface area contributed by atoms with Crippen LogP contribution in [0.2, 0.25) is 0 Å². The Labute approximate surface area is 127 Å². The van der Waals surface area contributed by atoms with Crippen molar-refractivity contribution in [1.29, 1.82) is 0 Å². The van der Waals surface area contributed by atoms with Crippen molar-refractivity contribution in [2.45, 2.75) is 25.0 Å². The zero-order valence-electron chi connectivity index (χ0n) is 10.1. The number of aliphatic hydroxyl groups excluding tert-OH is 2. The Kier molecular flexibility index (Phi) is 24.5. The molecule has 0 aliphatic rings. The summed E-state index contributed by atoms with van der Waals surface area (Å²) < 4.78 is 0. The predicted octanol–water partition coefficient (Wildman–Crippen LogP) is -6.51. The summed E-state index contributed by atoms with van der Waals surface area (Å²) in [6.45, 7) is 0. The fourth-order valence-corrected chi connectivity index (χ4v) is 0.497. The smallest absolute Gasteiger partial charge is 0.547 e. The van der Waals surface area contributed by atoms with Gasteiger partial charge < -0.3 is 51.2 Å². The largest absolute Gasteiger partial charge is 2.00 e. The molecule has 0 bridgehead atoms. The molecule has 13 heteroatoms. The molecule has 0 saturated heterocycles. The third-order valence-electron chi connectivity index (χ3n) is 1.28. The van der Waals surface area contributed by atoms with E-state index in [1.54, 1.807) is 0 Å². The van der Waals surface area contributed by atoms with Gasteiger partial charge in [-0.2, -0.15) is 0 Å². The Morgan fingerprint density at radius 3 is 1.00 bits per heavy atom. The van der Waals surface area contributed by atoms with Crippen LogP contribution in [0.5, 0.6) is 0 Å². The van der Waals surface area contributed by atoms with Crippen LogP contribution in [0, 0.1) is 0 Å². The molecule has 12 nitrogen and oxygen atoms in total. The van der Waals surface area contributed by atoms with Gasteiger partial charge >= 0.3 is 29.0 Å². The molecule has 8 N–H and O–H groups in total. The molecule has 0 aliphatic carbocycles. The molecule has 21 heavy (non-hydrogen) atoms. The third-order valence-corrected chi connectivity index (χ3v) is 1.28. The van der Waals surface area contributed by atoms with Crippen molar-refractivity contribution in [3.8, 4) is 0 Å². The van der Waals surface area contributed by atoms with Gasteiger partial charge in [-0.3, -0.25) is 9.59 Å². The first kappa shape index (κ1) is 31.6. The normalized spacial score (nSPS) is 10.8. The zero-order chi connectivity index (χ0) is 14.9. The van der Waals surface area contributed by atoms with E-state index in [0.717, 1.165) is 0 Å². The second-order valence-electron chi connectivity index (χ2n) is 2.87. The van der Waals surface area contributed by atoms with Crippen LogP contribution in [0.25, 0.3) is 0 Å². The summed E-state index contributed by atoms with van der Waals surface area (Å²) in [6.07, 6.45) is -5.44. The van der Waals surface area contributed by atoms with Gasteiger partial charge in [-0.15, -0.1) is 0 Å². The molecular formula is C8H14CuO12. The first-order valence-corrected chi connectivity index (χ1v) is 4.29. The summed E-state index contributed by atoms with van der Waals surface area (Å²) >= 11 is 0. The zero-order valence-corrected chi connectivity index (χ0v) is 11.1. The number of carboxylic acids is 4. The molecule has 0 rings (SSSR count). The Morgan fingerprint density at radius 2 is 0.952 bits per heavy atom. The van der Waals surface area contributed by atoms with E-state index in [-0.39, 0.29) is 28.0 Å². The number of hydrogen-bond donors (Lipinski definition) is 4. The minimum Gasteiger partial charge on any atom is -0.547 e. The maximum absolute atomic E-state index is 9.66. The molecule has 0 unspecified atom stereocenters. The summed E-state index contributed by atoms with van der Waals surface area (Å²) in [5.74, 6) is -6.27. The molecule has 0 fully saturated rings. The first-order valence-electron chi connectivity index (χ1n) is 4.29. The van der Waals surface area contributed by atoms with Crippen molar-refractivity contribution in [1.82, 2.24) is 0 Å². The molecule has 0 aromatic heterocycles. The Hall–Kier alpha value is -1.76. The van der Waals surface area contributed by atoms with Gasteiger partial charge in [0.2, 0.25) is 0 Å².